The Hall–Kier alpha value is -3.89. The minimum absolute atomic E-state index is 0.0139. The molecule has 3 heterocycles. The second kappa shape index (κ2) is 14.0. The first kappa shape index (κ1) is 29.1. The maximum Gasteiger partial charge on any atom is 0.318 e. The van der Waals surface area contributed by atoms with Crippen LogP contribution in [0, 0.1) is 0 Å². The fourth-order valence-corrected chi connectivity index (χ4v) is 5.00. The summed E-state index contributed by atoms with van der Waals surface area (Å²) in [4.78, 5) is 26.1. The Balaban J connectivity index is 0.000000357. The molecule has 1 fully saturated rings. The Morgan fingerprint density at radius 1 is 1.18 bits per heavy atom. The smallest absolute Gasteiger partial charge is 0.318 e. The summed E-state index contributed by atoms with van der Waals surface area (Å²) in [6, 6.07) is 12.0. The first-order valence-corrected chi connectivity index (χ1v) is 13.9. The summed E-state index contributed by atoms with van der Waals surface area (Å²) in [6.45, 7) is 14.9. The van der Waals surface area contributed by atoms with Gasteiger partial charge in [-0.3, -0.25) is 9.69 Å². The molecule has 10 heteroatoms. The van der Waals surface area contributed by atoms with E-state index in [1.165, 1.54) is 6.08 Å². The number of anilines is 2. The number of fused-ring (bicyclic) bond motifs is 2. The second-order valence-corrected chi connectivity index (χ2v) is 9.69. The summed E-state index contributed by atoms with van der Waals surface area (Å²) in [5, 5.41) is 12.3. The summed E-state index contributed by atoms with van der Waals surface area (Å²) < 4.78 is 11.2. The van der Waals surface area contributed by atoms with Gasteiger partial charge in [0, 0.05) is 62.0 Å². The van der Waals surface area contributed by atoms with Crippen molar-refractivity contribution in [3.8, 4) is 11.8 Å². The van der Waals surface area contributed by atoms with Crippen LogP contribution >= 0.6 is 0 Å². The van der Waals surface area contributed by atoms with Crippen LogP contribution in [0.1, 0.15) is 25.1 Å². The number of phenolic OH excluding ortho intramolecular Hbond substituents is 1. The molecular formula is C30H40N6O4. The van der Waals surface area contributed by atoms with Gasteiger partial charge < -0.3 is 30.1 Å². The standard InChI is InChI=1S/C23H27N5O3.C7H13NO/c24-22-19-5-6-28(21-14-17(29)13-16-3-1-2-4-18(16)21)15-20(19)25-23(26-22)31-12-9-27-7-10-30-11-8-27;1-4-7(9)8(5-2)6-3/h1-4,13-14,29H,5-12,15H2,(H2,24,25,26);4H,1,5-6H2,2-3H3. The number of aromatic hydroxyl groups is 1. The lowest BCUT2D eigenvalue weighted by atomic mass is 10.0. The van der Waals surface area contributed by atoms with E-state index in [1.807, 2.05) is 38.1 Å². The van der Waals surface area contributed by atoms with Gasteiger partial charge in [-0.2, -0.15) is 9.97 Å². The Bertz CT molecular complexity index is 1310. The van der Waals surface area contributed by atoms with Crippen LogP contribution in [0.4, 0.5) is 11.5 Å². The number of hydrogen-bond donors (Lipinski definition) is 2. The van der Waals surface area contributed by atoms with Gasteiger partial charge in [0.1, 0.15) is 18.2 Å². The molecule has 0 radical (unpaired) electrons. The molecule has 10 nitrogen and oxygen atoms in total. The van der Waals surface area contributed by atoms with E-state index in [1.54, 1.807) is 11.0 Å². The van der Waals surface area contributed by atoms with Crippen molar-refractivity contribution in [2.24, 2.45) is 0 Å². The molecule has 1 saturated heterocycles. The van der Waals surface area contributed by atoms with Gasteiger partial charge in [0.2, 0.25) is 5.91 Å². The van der Waals surface area contributed by atoms with Gasteiger partial charge in [0.25, 0.3) is 0 Å². The zero-order valence-electron chi connectivity index (χ0n) is 23.5. The SMILES string of the molecule is C=CC(=O)N(CC)CC.Nc1nc(OCCN2CCOCC2)nc2c1CCN(c1cc(O)cc3ccccc13)C2. The number of nitrogens with two attached hydrogens (primary N) is 1. The lowest BCUT2D eigenvalue weighted by Crippen LogP contribution is -2.38. The van der Waals surface area contributed by atoms with Gasteiger partial charge in [-0.1, -0.05) is 30.8 Å². The number of morpholine rings is 1. The number of phenols is 1. The minimum Gasteiger partial charge on any atom is -0.508 e. The Kier molecular flexibility index (Phi) is 10.2. The molecule has 0 spiro atoms. The number of carbonyl (C=O) groups excluding carboxylic acids is 1. The molecule has 214 valence electrons. The molecule has 3 N–H and O–H groups in total. The van der Waals surface area contributed by atoms with Crippen LogP contribution in [-0.4, -0.2) is 89.9 Å². The number of likely N-dealkylation sites (N-methyl/N-ethyl adjacent to an activating group) is 1. The van der Waals surface area contributed by atoms with E-state index in [9.17, 15) is 9.90 Å². The normalized spacial score (nSPS) is 15.1. The average Bonchev–Trinajstić information content (AvgIpc) is 2.98. The molecule has 3 aromatic rings. The van der Waals surface area contributed by atoms with Gasteiger partial charge in [0.15, 0.2) is 0 Å². The van der Waals surface area contributed by atoms with Crippen LogP contribution in [0.15, 0.2) is 49.1 Å². The van der Waals surface area contributed by atoms with Crippen molar-refractivity contribution in [1.82, 2.24) is 19.8 Å². The molecule has 0 atom stereocenters. The van der Waals surface area contributed by atoms with Crippen LogP contribution in [-0.2, 0) is 22.5 Å². The lowest BCUT2D eigenvalue weighted by Gasteiger charge is -2.31. The number of benzene rings is 2. The van der Waals surface area contributed by atoms with Crippen molar-refractivity contribution >= 4 is 28.2 Å². The van der Waals surface area contributed by atoms with Crippen LogP contribution < -0.4 is 15.4 Å². The van der Waals surface area contributed by atoms with Crippen LogP contribution in [0.2, 0.25) is 0 Å². The van der Waals surface area contributed by atoms with E-state index >= 15 is 0 Å². The molecule has 0 unspecified atom stereocenters. The third-order valence-corrected chi connectivity index (χ3v) is 7.23. The topological polar surface area (TPSA) is 117 Å². The number of nitrogen functional groups attached to an aromatic ring is 1. The van der Waals surface area contributed by atoms with Gasteiger partial charge in [-0.05, 0) is 37.8 Å². The van der Waals surface area contributed by atoms with Crippen molar-refractivity contribution in [3.63, 3.8) is 0 Å². The van der Waals surface area contributed by atoms with Crippen LogP contribution in [0.5, 0.6) is 11.8 Å². The Morgan fingerprint density at radius 3 is 2.62 bits per heavy atom. The number of ether oxygens (including phenoxy) is 2. The fraction of sp³-hybridized carbons (Fsp3) is 0.433. The van der Waals surface area contributed by atoms with Crippen molar-refractivity contribution < 1.29 is 19.4 Å². The Labute approximate surface area is 236 Å². The molecule has 2 aliphatic rings. The highest BCUT2D eigenvalue weighted by Gasteiger charge is 2.24. The van der Waals surface area contributed by atoms with Gasteiger partial charge in [-0.25, -0.2) is 0 Å². The van der Waals surface area contributed by atoms with Crippen LogP contribution in [0.3, 0.4) is 0 Å². The summed E-state index contributed by atoms with van der Waals surface area (Å²) in [5.74, 6) is 0.764. The summed E-state index contributed by atoms with van der Waals surface area (Å²) >= 11 is 0. The first-order valence-electron chi connectivity index (χ1n) is 13.9. The van der Waals surface area contributed by atoms with E-state index in [0.717, 1.165) is 86.6 Å². The van der Waals surface area contributed by atoms with E-state index < -0.39 is 0 Å². The third kappa shape index (κ3) is 7.19. The molecule has 0 saturated carbocycles. The third-order valence-electron chi connectivity index (χ3n) is 7.23. The summed E-state index contributed by atoms with van der Waals surface area (Å²) in [5.41, 5.74) is 9.10. The van der Waals surface area contributed by atoms with Gasteiger partial charge >= 0.3 is 6.01 Å². The van der Waals surface area contributed by atoms with Gasteiger partial charge in [-0.15, -0.1) is 0 Å². The number of amides is 1. The number of aromatic nitrogens is 2. The molecule has 1 amide bonds. The largest absolute Gasteiger partial charge is 0.508 e. The maximum absolute atomic E-state index is 10.8. The Morgan fingerprint density at radius 2 is 1.93 bits per heavy atom. The number of nitrogens with zero attached hydrogens (tertiary/aromatic N) is 5. The zero-order chi connectivity index (χ0) is 28.5. The highest BCUT2D eigenvalue weighted by Crippen LogP contribution is 2.35. The fourth-order valence-electron chi connectivity index (χ4n) is 5.00. The zero-order valence-corrected chi connectivity index (χ0v) is 23.5. The molecular weight excluding hydrogens is 508 g/mol. The molecule has 0 aliphatic carbocycles. The molecule has 5 rings (SSSR count). The molecule has 40 heavy (non-hydrogen) atoms. The first-order chi connectivity index (χ1) is 19.4. The van der Waals surface area contributed by atoms with Crippen molar-refractivity contribution in [1.29, 1.82) is 0 Å². The van der Waals surface area contributed by atoms with Crippen molar-refractivity contribution in [2.45, 2.75) is 26.8 Å². The van der Waals surface area contributed by atoms with E-state index in [2.05, 4.69) is 32.4 Å². The van der Waals surface area contributed by atoms with E-state index in [0.29, 0.717) is 25.0 Å². The molecule has 2 aromatic carbocycles. The van der Waals surface area contributed by atoms with Gasteiger partial charge in [0.05, 0.1) is 25.5 Å². The van der Waals surface area contributed by atoms with E-state index in [4.69, 9.17) is 15.2 Å². The quantitative estimate of drug-likeness (QED) is 0.409. The summed E-state index contributed by atoms with van der Waals surface area (Å²) in [7, 11) is 0. The van der Waals surface area contributed by atoms with Crippen molar-refractivity contribution in [3.05, 3.63) is 60.3 Å². The lowest BCUT2D eigenvalue weighted by molar-refractivity contribution is -0.125. The highest BCUT2D eigenvalue weighted by atomic mass is 16.5. The second-order valence-electron chi connectivity index (χ2n) is 9.69. The minimum atomic E-state index is 0.0139. The number of rotatable bonds is 8. The predicted molar refractivity (Wildman–Crippen MR) is 158 cm³/mol. The van der Waals surface area contributed by atoms with Crippen LogP contribution in [0.25, 0.3) is 10.8 Å². The number of hydrogen-bond acceptors (Lipinski definition) is 9. The van der Waals surface area contributed by atoms with Crippen molar-refractivity contribution in [2.75, 3.05) is 69.7 Å². The highest BCUT2D eigenvalue weighted by molar-refractivity contribution is 5.95. The monoisotopic (exact) mass is 548 g/mol. The molecule has 1 aromatic heterocycles. The predicted octanol–water partition coefficient (Wildman–Crippen LogP) is 3.23. The summed E-state index contributed by atoms with van der Waals surface area (Å²) in [6.07, 6.45) is 2.09. The molecule has 2 aliphatic heterocycles. The number of carbonyl (C=O) groups is 1. The molecule has 0 bridgehead atoms. The van der Waals surface area contributed by atoms with E-state index in [-0.39, 0.29) is 11.7 Å². The maximum atomic E-state index is 10.8. The average molecular weight is 549 g/mol.